The number of rotatable bonds is 5. The molecule has 1 fully saturated rings. The first-order valence-corrected chi connectivity index (χ1v) is 14.1. The second-order valence-electron chi connectivity index (χ2n) is 9.33. The van der Waals surface area contributed by atoms with Gasteiger partial charge in [-0.1, -0.05) is 29.8 Å². The van der Waals surface area contributed by atoms with Crippen LogP contribution in [0, 0.1) is 0 Å². The first-order chi connectivity index (χ1) is 18.8. The number of fused-ring (bicyclic) bond motifs is 1. The predicted octanol–water partition coefficient (Wildman–Crippen LogP) is 3.82. The van der Waals surface area contributed by atoms with E-state index in [1.807, 2.05) is 25.2 Å². The van der Waals surface area contributed by atoms with Gasteiger partial charge in [0.1, 0.15) is 11.4 Å². The van der Waals surface area contributed by atoms with Gasteiger partial charge in [-0.05, 0) is 49.0 Å². The van der Waals surface area contributed by atoms with Crippen LogP contribution < -0.4 is 0 Å². The number of benzene rings is 2. The van der Waals surface area contributed by atoms with Crippen LogP contribution in [0.15, 0.2) is 78.1 Å². The summed E-state index contributed by atoms with van der Waals surface area (Å²) in [7, 11) is -1.69. The maximum Gasteiger partial charge on any atom is 0.243 e. The molecule has 3 aromatic heterocycles. The summed E-state index contributed by atoms with van der Waals surface area (Å²) < 4.78 is 30.1. The number of aromatic nitrogens is 5. The van der Waals surface area contributed by atoms with E-state index in [4.69, 9.17) is 16.7 Å². The van der Waals surface area contributed by atoms with E-state index in [2.05, 4.69) is 20.1 Å². The molecule has 0 bridgehead atoms. The second kappa shape index (κ2) is 10.0. The summed E-state index contributed by atoms with van der Waals surface area (Å²) in [5.41, 5.74) is 4.31. The van der Waals surface area contributed by atoms with E-state index in [1.54, 1.807) is 59.5 Å². The fraction of sp³-hybridized carbons (Fsp3) is 0.185. The number of hydrogen-bond donors (Lipinski definition) is 1. The molecule has 0 aliphatic carbocycles. The smallest absolute Gasteiger partial charge is 0.243 e. The third-order valence-corrected chi connectivity index (χ3v) is 9.05. The van der Waals surface area contributed by atoms with Gasteiger partial charge in [0, 0.05) is 49.7 Å². The van der Waals surface area contributed by atoms with Gasteiger partial charge >= 0.3 is 0 Å². The van der Waals surface area contributed by atoms with Crippen molar-refractivity contribution in [3.63, 3.8) is 0 Å². The van der Waals surface area contributed by atoms with Gasteiger partial charge in [0.15, 0.2) is 5.65 Å². The Balaban J connectivity index is 1.52. The number of sulfonamides is 1. The topological polar surface area (TPSA) is 117 Å². The molecule has 0 spiro atoms. The van der Waals surface area contributed by atoms with Crippen LogP contribution in [0.1, 0.15) is 0 Å². The summed E-state index contributed by atoms with van der Waals surface area (Å²) in [6.45, 7) is 2.25. The van der Waals surface area contributed by atoms with Crippen molar-refractivity contribution in [3.8, 4) is 39.4 Å². The lowest BCUT2D eigenvalue weighted by Gasteiger charge is -2.31. The van der Waals surface area contributed by atoms with E-state index < -0.39 is 10.0 Å². The van der Waals surface area contributed by atoms with Gasteiger partial charge in [-0.2, -0.15) is 14.5 Å². The summed E-state index contributed by atoms with van der Waals surface area (Å²) in [6.07, 6.45) is 4.89. The molecule has 0 radical (unpaired) electrons. The van der Waals surface area contributed by atoms with Crippen molar-refractivity contribution >= 4 is 27.3 Å². The fourth-order valence-electron chi connectivity index (χ4n) is 4.70. The highest BCUT2D eigenvalue weighted by atomic mass is 35.5. The van der Waals surface area contributed by atoms with Gasteiger partial charge in [-0.3, -0.25) is 4.98 Å². The summed E-state index contributed by atoms with van der Waals surface area (Å²) in [5.74, 6) is -0.0693. The summed E-state index contributed by atoms with van der Waals surface area (Å²) in [4.78, 5) is 6.43. The van der Waals surface area contributed by atoms with Crippen molar-refractivity contribution in [2.75, 3.05) is 33.2 Å². The van der Waals surface area contributed by atoms with Crippen LogP contribution in [-0.4, -0.2) is 80.8 Å². The van der Waals surface area contributed by atoms with E-state index in [0.717, 1.165) is 5.56 Å². The fourth-order valence-corrected chi connectivity index (χ4v) is 6.28. The predicted molar refractivity (Wildman–Crippen MR) is 148 cm³/mol. The molecule has 1 aliphatic rings. The highest BCUT2D eigenvalue weighted by Gasteiger charge is 2.28. The summed E-state index contributed by atoms with van der Waals surface area (Å²) >= 11 is 6.08. The molecule has 12 heteroatoms. The number of phenols is 1. The number of aromatic hydroxyl groups is 1. The van der Waals surface area contributed by atoms with E-state index >= 15 is 0 Å². The molecule has 2 aromatic carbocycles. The van der Waals surface area contributed by atoms with Gasteiger partial charge in [-0.25, -0.2) is 12.9 Å². The molecule has 1 aliphatic heterocycles. The van der Waals surface area contributed by atoms with Gasteiger partial charge in [0.25, 0.3) is 0 Å². The minimum absolute atomic E-state index is 0.0693. The third kappa shape index (κ3) is 4.63. The zero-order valence-electron chi connectivity index (χ0n) is 20.9. The molecule has 6 rings (SSSR count). The lowest BCUT2D eigenvalue weighted by Crippen LogP contribution is -2.47. The quantitative estimate of drug-likeness (QED) is 0.344. The molecule has 4 heterocycles. The Morgan fingerprint density at radius 1 is 0.923 bits per heavy atom. The van der Waals surface area contributed by atoms with Crippen molar-refractivity contribution in [2.24, 2.45) is 0 Å². The number of piperazine rings is 1. The zero-order valence-corrected chi connectivity index (χ0v) is 22.5. The molecule has 0 saturated carbocycles. The van der Waals surface area contributed by atoms with Crippen LogP contribution in [0.5, 0.6) is 5.75 Å². The average molecular weight is 562 g/mol. The molecular weight excluding hydrogens is 538 g/mol. The summed E-state index contributed by atoms with van der Waals surface area (Å²) in [6, 6.07) is 15.4. The minimum Gasteiger partial charge on any atom is -0.506 e. The van der Waals surface area contributed by atoms with Gasteiger partial charge in [-0.15, -0.1) is 5.10 Å². The Labute approximate surface area is 230 Å². The van der Waals surface area contributed by atoms with Crippen LogP contribution in [0.4, 0.5) is 0 Å². The molecule has 1 N–H and O–H groups in total. The largest absolute Gasteiger partial charge is 0.506 e. The molecule has 10 nitrogen and oxygen atoms in total. The maximum atomic E-state index is 13.4. The Morgan fingerprint density at radius 2 is 1.69 bits per heavy atom. The molecule has 0 atom stereocenters. The van der Waals surface area contributed by atoms with E-state index in [0.29, 0.717) is 59.9 Å². The Bertz CT molecular complexity index is 1790. The van der Waals surface area contributed by atoms with Crippen LogP contribution in [0.25, 0.3) is 39.3 Å². The Kier molecular flexibility index (Phi) is 6.51. The number of likely N-dealkylation sites (N-methyl/N-ethyl adjacent to an activating group) is 1. The summed E-state index contributed by atoms with van der Waals surface area (Å²) in [5, 5.41) is 24.1. The second-order valence-corrected chi connectivity index (χ2v) is 11.7. The Morgan fingerprint density at radius 3 is 2.44 bits per heavy atom. The molecule has 0 unspecified atom stereocenters. The first kappa shape index (κ1) is 25.4. The van der Waals surface area contributed by atoms with E-state index in [9.17, 15) is 13.5 Å². The van der Waals surface area contributed by atoms with E-state index in [-0.39, 0.29) is 15.7 Å². The number of halogens is 1. The maximum absolute atomic E-state index is 13.4. The molecule has 5 aromatic rings. The van der Waals surface area contributed by atoms with Crippen molar-refractivity contribution in [3.05, 3.63) is 78.2 Å². The Hall–Kier alpha value is -3.90. The van der Waals surface area contributed by atoms with Crippen LogP contribution in [0.3, 0.4) is 0 Å². The van der Waals surface area contributed by atoms with Crippen molar-refractivity contribution in [1.29, 1.82) is 0 Å². The van der Waals surface area contributed by atoms with Crippen LogP contribution in [0.2, 0.25) is 5.02 Å². The highest BCUT2D eigenvalue weighted by molar-refractivity contribution is 7.89. The minimum atomic E-state index is -3.67. The van der Waals surface area contributed by atoms with Gasteiger partial charge < -0.3 is 10.0 Å². The monoisotopic (exact) mass is 561 g/mol. The van der Waals surface area contributed by atoms with Crippen LogP contribution >= 0.6 is 11.6 Å². The molecule has 198 valence electrons. The molecule has 1 saturated heterocycles. The van der Waals surface area contributed by atoms with Crippen molar-refractivity contribution < 1.29 is 13.5 Å². The third-order valence-electron chi connectivity index (χ3n) is 6.84. The SMILES string of the molecule is CN1CCN(S(=O)(=O)c2cccc(-c3cnnc4c(-c5ccc(Cl)c(O)c5)c(-c5ccncc5)nn34)c2)CC1. The average Bonchev–Trinajstić information content (AvgIpc) is 3.35. The van der Waals surface area contributed by atoms with Crippen molar-refractivity contribution in [2.45, 2.75) is 4.90 Å². The normalized spacial score (nSPS) is 15.1. The lowest BCUT2D eigenvalue weighted by molar-refractivity contribution is 0.222. The molecular formula is C27H24ClN7O3S. The number of nitrogens with zero attached hydrogens (tertiary/aromatic N) is 7. The highest BCUT2D eigenvalue weighted by Crippen LogP contribution is 2.38. The number of hydrogen-bond acceptors (Lipinski definition) is 8. The van der Waals surface area contributed by atoms with Crippen LogP contribution in [-0.2, 0) is 10.0 Å². The van der Waals surface area contributed by atoms with Crippen molar-refractivity contribution in [1.82, 2.24) is 34.0 Å². The van der Waals surface area contributed by atoms with Gasteiger partial charge in [0.2, 0.25) is 10.0 Å². The first-order valence-electron chi connectivity index (χ1n) is 12.3. The van der Waals surface area contributed by atoms with Gasteiger partial charge in [0.05, 0.1) is 27.4 Å². The van der Waals surface area contributed by atoms with E-state index in [1.165, 1.54) is 4.31 Å². The lowest BCUT2D eigenvalue weighted by atomic mass is 10.0. The number of phenolic OH excluding ortho intramolecular Hbond substituents is 1. The zero-order chi connectivity index (χ0) is 27.1. The molecule has 0 amide bonds. The molecule has 39 heavy (non-hydrogen) atoms. The standard InChI is InChI=1S/C27H24ClN7O3S/c1-33-11-13-34(14-12-33)39(37,38)21-4-2-3-19(15-21)23-17-30-31-27-25(20-5-6-22(28)24(36)16-20)26(32-35(23)27)18-7-9-29-10-8-18/h2-10,15-17,36H,11-14H2,1H3. The number of pyridine rings is 1.